The molecule has 5 nitrogen and oxygen atoms in total. The second kappa shape index (κ2) is 6.42. The van der Waals surface area contributed by atoms with Crippen LogP contribution in [0.5, 0.6) is 5.75 Å². The molecule has 0 spiro atoms. The summed E-state index contributed by atoms with van der Waals surface area (Å²) >= 11 is 5.87. The second-order valence-electron chi connectivity index (χ2n) is 4.62. The van der Waals surface area contributed by atoms with Gasteiger partial charge in [-0.1, -0.05) is 23.6 Å². The van der Waals surface area contributed by atoms with E-state index in [1.54, 1.807) is 37.4 Å². The maximum Gasteiger partial charge on any atom is 0.444 e. The first-order chi connectivity index (χ1) is 11.2. The Balaban J connectivity index is 2.01. The molecule has 0 amide bonds. The van der Waals surface area contributed by atoms with Gasteiger partial charge in [-0.15, -0.1) is 0 Å². The van der Waals surface area contributed by atoms with Crippen molar-refractivity contribution in [3.63, 3.8) is 0 Å². The molecule has 0 aliphatic heterocycles. The average Bonchev–Trinajstić information content (AvgIpc) is 2.94. The van der Waals surface area contributed by atoms with Gasteiger partial charge in [0.1, 0.15) is 5.75 Å². The van der Waals surface area contributed by atoms with Gasteiger partial charge in [-0.3, -0.25) is 4.52 Å². The molecule has 6 heteroatoms. The van der Waals surface area contributed by atoms with E-state index in [9.17, 15) is 4.79 Å². The maximum atomic E-state index is 11.9. The van der Waals surface area contributed by atoms with Crippen molar-refractivity contribution < 1.29 is 13.9 Å². The summed E-state index contributed by atoms with van der Waals surface area (Å²) in [4.78, 5) is 11.9. The summed E-state index contributed by atoms with van der Waals surface area (Å²) < 4.78 is 11.4. The highest BCUT2D eigenvalue weighted by Gasteiger charge is 2.21. The summed E-state index contributed by atoms with van der Waals surface area (Å²) in [5, 5.41) is 3.13. The zero-order valence-electron chi connectivity index (χ0n) is 12.2. The van der Waals surface area contributed by atoms with Crippen molar-refractivity contribution in [3.8, 4) is 23.3 Å². The predicted molar refractivity (Wildman–Crippen MR) is 84.8 cm³/mol. The van der Waals surface area contributed by atoms with E-state index in [4.69, 9.17) is 20.9 Å². The Morgan fingerprint density at radius 3 is 2.70 bits per heavy atom. The number of hydrogen-bond acceptors (Lipinski definition) is 3. The normalized spacial score (nSPS) is 10.0. The summed E-state index contributed by atoms with van der Waals surface area (Å²) in [5.74, 6) is 6.45. The smallest absolute Gasteiger partial charge is 0.444 e. The lowest BCUT2D eigenvalue weighted by atomic mass is 10.2. The number of aromatic nitrogens is 2. The molecule has 0 aliphatic carbocycles. The van der Waals surface area contributed by atoms with Crippen molar-refractivity contribution >= 4 is 11.6 Å². The van der Waals surface area contributed by atoms with Crippen molar-refractivity contribution in [2.75, 3.05) is 7.11 Å². The van der Waals surface area contributed by atoms with Gasteiger partial charge in [0.25, 0.3) is 0 Å². The average molecular weight is 328 g/mol. The highest BCUT2D eigenvalue weighted by molar-refractivity contribution is 6.30. The van der Waals surface area contributed by atoms with E-state index in [0.717, 1.165) is 5.56 Å². The molecule has 0 saturated heterocycles. The number of halogens is 1. The fourth-order valence-corrected chi connectivity index (χ4v) is 2.11. The van der Waals surface area contributed by atoms with E-state index in [1.165, 1.54) is 4.68 Å². The van der Waals surface area contributed by atoms with E-state index in [-0.39, 0.29) is 5.69 Å². The molecule has 0 unspecified atom stereocenters. The Morgan fingerprint density at radius 1 is 1.17 bits per heavy atom. The molecular weight excluding hydrogens is 316 g/mol. The summed E-state index contributed by atoms with van der Waals surface area (Å²) in [6, 6.07) is 14.2. The largest absolute Gasteiger partial charge is 0.497 e. The molecule has 0 saturated carbocycles. The molecule has 1 aromatic heterocycles. The lowest BCUT2D eigenvalue weighted by molar-refractivity contribution is -0.672. The molecule has 0 fully saturated rings. The number of nitrogens with one attached hydrogen (secondary N) is 1. The zero-order chi connectivity index (χ0) is 16.2. The molecule has 3 aromatic rings. The van der Waals surface area contributed by atoms with Crippen molar-refractivity contribution in [3.05, 3.63) is 75.2 Å². The first-order valence-corrected chi connectivity index (χ1v) is 7.11. The summed E-state index contributed by atoms with van der Waals surface area (Å²) in [5.41, 5.74) is 1.06. The number of hydrogen-bond donors (Lipinski definition) is 1. The maximum absolute atomic E-state index is 11.9. The van der Waals surface area contributed by atoms with E-state index in [0.29, 0.717) is 16.5 Å². The van der Waals surface area contributed by atoms with Gasteiger partial charge < -0.3 is 4.74 Å². The van der Waals surface area contributed by atoms with Gasteiger partial charge in [-0.2, -0.15) is 0 Å². The molecule has 0 aliphatic rings. The molecule has 2 aromatic carbocycles. The van der Waals surface area contributed by atoms with Crippen LogP contribution in [0.4, 0.5) is 0 Å². The van der Waals surface area contributed by atoms with Crippen LogP contribution in [0, 0.1) is 11.8 Å². The number of rotatable bonds is 2. The van der Waals surface area contributed by atoms with Gasteiger partial charge >= 0.3 is 11.3 Å². The van der Waals surface area contributed by atoms with Crippen LogP contribution in [0.1, 0.15) is 11.3 Å². The lowest BCUT2D eigenvalue weighted by Gasteiger charge is -1.97. The zero-order valence-corrected chi connectivity index (χ0v) is 12.9. The highest BCUT2D eigenvalue weighted by Crippen LogP contribution is 2.11. The summed E-state index contributed by atoms with van der Waals surface area (Å²) in [6.07, 6.45) is 0. The van der Waals surface area contributed by atoms with Crippen molar-refractivity contribution in [2.24, 2.45) is 0 Å². The van der Waals surface area contributed by atoms with Crippen LogP contribution in [0.2, 0.25) is 5.02 Å². The van der Waals surface area contributed by atoms with Crippen LogP contribution in [0.3, 0.4) is 0 Å². The Kier molecular flexibility index (Phi) is 4.18. The second-order valence-corrected chi connectivity index (χ2v) is 5.06. The molecule has 3 rings (SSSR count). The third-order valence-electron chi connectivity index (χ3n) is 3.13. The Hall–Kier alpha value is -2.97. The first kappa shape index (κ1) is 14.9. The number of ether oxygens (including phenoxy) is 1. The summed E-state index contributed by atoms with van der Waals surface area (Å²) in [7, 11) is 1.59. The minimum Gasteiger partial charge on any atom is -0.497 e. The Morgan fingerprint density at radius 2 is 1.96 bits per heavy atom. The van der Waals surface area contributed by atoms with Gasteiger partial charge in [0, 0.05) is 28.6 Å². The third-order valence-corrected chi connectivity index (χ3v) is 3.38. The van der Waals surface area contributed by atoms with Crippen LogP contribution in [0.15, 0.2) is 57.8 Å². The minimum absolute atomic E-state index is 0.190. The molecule has 23 heavy (non-hydrogen) atoms. The molecule has 1 heterocycles. The van der Waals surface area contributed by atoms with Crippen LogP contribution >= 0.6 is 11.6 Å². The van der Waals surface area contributed by atoms with Gasteiger partial charge in [0.05, 0.1) is 7.11 Å². The van der Waals surface area contributed by atoms with E-state index < -0.39 is 5.63 Å². The van der Waals surface area contributed by atoms with Crippen molar-refractivity contribution in [2.45, 2.75) is 0 Å². The van der Waals surface area contributed by atoms with Crippen LogP contribution in [-0.4, -0.2) is 12.4 Å². The molecule has 114 valence electrons. The van der Waals surface area contributed by atoms with E-state index in [2.05, 4.69) is 17.1 Å². The van der Waals surface area contributed by atoms with Crippen molar-refractivity contribution in [1.29, 1.82) is 0 Å². The van der Waals surface area contributed by atoms with Gasteiger partial charge in [0.15, 0.2) is 0 Å². The third kappa shape index (κ3) is 3.28. The molecular formula is C17H12ClN2O3+. The van der Waals surface area contributed by atoms with E-state index in [1.807, 2.05) is 18.2 Å². The molecule has 0 atom stereocenters. The van der Waals surface area contributed by atoms with Gasteiger partial charge in [0.2, 0.25) is 5.69 Å². The molecule has 0 bridgehead atoms. The van der Waals surface area contributed by atoms with Crippen LogP contribution in [-0.2, 0) is 0 Å². The fourth-order valence-electron chi connectivity index (χ4n) is 1.98. The monoisotopic (exact) mass is 327 g/mol. The predicted octanol–water partition coefficient (Wildman–Crippen LogP) is 2.31. The number of aromatic amines is 1. The topological polar surface area (TPSA) is 59.1 Å². The Labute approximate surface area is 137 Å². The van der Waals surface area contributed by atoms with E-state index >= 15 is 0 Å². The Bertz CT molecular complexity index is 946. The lowest BCUT2D eigenvalue weighted by Crippen LogP contribution is -2.37. The SMILES string of the molecule is COc1cccc(C#Cc2c(=O)o[nH][n+]2-c2ccc(Cl)cc2)c1. The number of methoxy groups -OCH3 is 1. The summed E-state index contributed by atoms with van der Waals surface area (Å²) in [6.45, 7) is 0. The first-order valence-electron chi connectivity index (χ1n) is 6.73. The molecule has 1 N–H and O–H groups in total. The van der Waals surface area contributed by atoms with Crippen molar-refractivity contribution in [1.82, 2.24) is 5.27 Å². The number of benzene rings is 2. The van der Waals surface area contributed by atoms with Crippen LogP contribution < -0.4 is 15.0 Å². The quantitative estimate of drug-likeness (QED) is 0.580. The fraction of sp³-hybridized carbons (Fsp3) is 0.0588. The minimum atomic E-state index is -0.546. The number of nitrogens with zero attached hydrogens (tertiary/aromatic N) is 1. The molecule has 0 radical (unpaired) electrons. The van der Waals surface area contributed by atoms with Gasteiger partial charge in [-0.05, 0) is 40.3 Å². The standard InChI is InChI=1S/C17H11ClN2O3/c1-22-15-4-2-3-12(11-15)5-10-16-17(21)23-19-20(16)14-8-6-13(18)7-9-14/h2-4,6-9,11H,1H3/p+1. The number of H-pyrrole nitrogens is 1. The van der Waals surface area contributed by atoms with Gasteiger partial charge in [-0.25, -0.2) is 4.79 Å². The van der Waals surface area contributed by atoms with Crippen LogP contribution in [0.25, 0.3) is 5.69 Å². The highest BCUT2D eigenvalue weighted by atomic mass is 35.5.